The fourth-order valence-electron chi connectivity index (χ4n) is 3.77. The second-order valence-electron chi connectivity index (χ2n) is 7.11. The molecule has 0 saturated carbocycles. The van der Waals surface area contributed by atoms with Gasteiger partial charge in [0.25, 0.3) is 0 Å². The highest BCUT2D eigenvalue weighted by Gasteiger charge is 2.26. The van der Waals surface area contributed by atoms with Gasteiger partial charge >= 0.3 is 5.97 Å². The summed E-state index contributed by atoms with van der Waals surface area (Å²) >= 11 is 0. The highest BCUT2D eigenvalue weighted by atomic mass is 19.1. The molecule has 0 unspecified atom stereocenters. The molecule has 29 heavy (non-hydrogen) atoms. The summed E-state index contributed by atoms with van der Waals surface area (Å²) in [4.78, 5) is 18.5. The van der Waals surface area contributed by atoms with Crippen LogP contribution in [0.1, 0.15) is 27.2 Å². The largest absolute Gasteiger partial charge is 0.478 e. The lowest BCUT2D eigenvalue weighted by Gasteiger charge is -2.18. The molecular weight excluding hydrogens is 371 g/mol. The number of aromatic carboxylic acids is 1. The van der Waals surface area contributed by atoms with E-state index in [2.05, 4.69) is 10.1 Å². The van der Waals surface area contributed by atoms with Crippen LogP contribution >= 0.6 is 0 Å². The molecule has 144 valence electrons. The topological polar surface area (TPSA) is 71.2 Å². The third kappa shape index (κ3) is 3.10. The fraction of sp³-hybridized carbons (Fsp3) is 0.136. The van der Waals surface area contributed by atoms with Crippen LogP contribution in [0.2, 0.25) is 0 Å². The number of benzene rings is 2. The van der Waals surface area contributed by atoms with Gasteiger partial charge in [-0.05, 0) is 29.8 Å². The highest BCUT2D eigenvalue weighted by molar-refractivity contribution is 6.03. The number of hydrogen-bond donors (Lipinski definition) is 1. The third-order valence-electron chi connectivity index (χ3n) is 5.24. The van der Waals surface area contributed by atoms with E-state index in [4.69, 9.17) is 0 Å². The van der Waals surface area contributed by atoms with Gasteiger partial charge in [-0.2, -0.15) is 5.10 Å². The first-order valence-electron chi connectivity index (χ1n) is 9.24. The second-order valence-corrected chi connectivity index (χ2v) is 7.11. The maximum Gasteiger partial charge on any atom is 0.336 e. The number of halogens is 1. The first kappa shape index (κ1) is 17.4. The van der Waals surface area contributed by atoms with E-state index in [0.717, 1.165) is 16.8 Å². The van der Waals surface area contributed by atoms with Crippen LogP contribution in [0.5, 0.6) is 0 Å². The van der Waals surface area contributed by atoms with Crippen LogP contribution in [0.15, 0.2) is 60.8 Å². The van der Waals surface area contributed by atoms with Gasteiger partial charge in [-0.3, -0.25) is 4.68 Å². The lowest BCUT2D eigenvalue weighted by atomic mass is 10.1. The number of pyridine rings is 1. The Balaban J connectivity index is 1.46. The zero-order chi connectivity index (χ0) is 20.0. The molecule has 3 heterocycles. The van der Waals surface area contributed by atoms with Gasteiger partial charge in [-0.25, -0.2) is 14.2 Å². The molecule has 6 nitrogen and oxygen atoms in total. The number of fused-ring (bicyclic) bond motifs is 2. The van der Waals surface area contributed by atoms with Gasteiger partial charge in [0.05, 0.1) is 36.1 Å². The summed E-state index contributed by atoms with van der Waals surface area (Å²) in [7, 11) is 0. The Morgan fingerprint density at radius 3 is 2.69 bits per heavy atom. The zero-order valence-corrected chi connectivity index (χ0v) is 15.4. The van der Waals surface area contributed by atoms with Crippen molar-refractivity contribution < 1.29 is 14.3 Å². The van der Waals surface area contributed by atoms with E-state index < -0.39 is 5.97 Å². The lowest BCUT2D eigenvalue weighted by molar-refractivity contribution is 0.0699. The molecule has 2 aromatic heterocycles. The molecule has 1 aliphatic heterocycles. The van der Waals surface area contributed by atoms with Crippen molar-refractivity contribution >= 4 is 22.7 Å². The zero-order valence-electron chi connectivity index (χ0n) is 15.4. The maximum atomic E-state index is 13.1. The number of aromatic nitrogens is 3. The number of carboxylic acids is 1. The van der Waals surface area contributed by atoms with Crippen LogP contribution in [0.25, 0.3) is 10.9 Å². The molecule has 0 atom stereocenters. The molecule has 2 aromatic carbocycles. The van der Waals surface area contributed by atoms with Crippen LogP contribution in [0, 0.1) is 5.82 Å². The summed E-state index contributed by atoms with van der Waals surface area (Å²) in [6.45, 7) is 1.75. The maximum absolute atomic E-state index is 13.1. The normalized spacial score (nSPS) is 13.1. The Hall–Kier alpha value is -3.74. The van der Waals surface area contributed by atoms with Gasteiger partial charge in [-0.15, -0.1) is 0 Å². The van der Waals surface area contributed by atoms with Crippen molar-refractivity contribution in [3.8, 4) is 0 Å². The van der Waals surface area contributed by atoms with Crippen molar-refractivity contribution in [3.63, 3.8) is 0 Å². The average molecular weight is 388 g/mol. The minimum absolute atomic E-state index is 0.245. The number of carboxylic acid groups (broad SMARTS) is 1. The molecule has 0 spiro atoms. The minimum atomic E-state index is -0.968. The number of para-hydroxylation sites is 1. The Morgan fingerprint density at radius 2 is 1.90 bits per heavy atom. The van der Waals surface area contributed by atoms with Crippen LogP contribution in [-0.4, -0.2) is 25.8 Å². The van der Waals surface area contributed by atoms with Gasteiger partial charge < -0.3 is 10.0 Å². The first-order valence-corrected chi connectivity index (χ1v) is 9.24. The average Bonchev–Trinajstić information content (AvgIpc) is 3.30. The van der Waals surface area contributed by atoms with Crippen LogP contribution in [0.3, 0.4) is 0 Å². The second kappa shape index (κ2) is 6.70. The number of rotatable bonds is 4. The molecule has 5 rings (SSSR count). The quantitative estimate of drug-likeness (QED) is 0.575. The molecule has 0 saturated heterocycles. The number of hydrogen-bond acceptors (Lipinski definition) is 4. The number of nitrogens with zero attached hydrogens (tertiary/aromatic N) is 4. The van der Waals surface area contributed by atoms with Crippen molar-refractivity contribution in [1.82, 2.24) is 14.8 Å². The monoisotopic (exact) mass is 388 g/mol. The van der Waals surface area contributed by atoms with E-state index in [-0.39, 0.29) is 11.4 Å². The summed E-state index contributed by atoms with van der Waals surface area (Å²) < 4.78 is 15.1. The van der Waals surface area contributed by atoms with Crippen molar-refractivity contribution in [1.29, 1.82) is 0 Å². The lowest BCUT2D eigenvalue weighted by Crippen LogP contribution is -2.19. The molecule has 1 N–H and O–H groups in total. The van der Waals surface area contributed by atoms with Crippen LogP contribution in [-0.2, 0) is 19.6 Å². The molecule has 0 aliphatic carbocycles. The Bertz CT molecular complexity index is 1230. The number of carbonyl (C=O) groups is 1. The van der Waals surface area contributed by atoms with Crippen molar-refractivity contribution in [2.45, 2.75) is 19.6 Å². The van der Waals surface area contributed by atoms with Crippen molar-refractivity contribution in [2.75, 3.05) is 4.90 Å². The minimum Gasteiger partial charge on any atom is -0.478 e. The van der Waals surface area contributed by atoms with Gasteiger partial charge in [0, 0.05) is 17.5 Å². The van der Waals surface area contributed by atoms with E-state index in [1.54, 1.807) is 24.3 Å². The molecule has 0 bridgehead atoms. The first-order chi connectivity index (χ1) is 14.1. The van der Waals surface area contributed by atoms with Crippen molar-refractivity contribution in [3.05, 3.63) is 89.0 Å². The third-order valence-corrected chi connectivity index (χ3v) is 5.24. The number of anilines is 1. The SMILES string of the molecule is O=C(O)c1cc(N2Cc3cnn(Cc4ccc(F)cc4)c3C2)nc2ccccc12. The molecule has 7 heteroatoms. The fourth-order valence-corrected chi connectivity index (χ4v) is 3.77. The Labute approximate surface area is 165 Å². The van der Waals surface area contributed by atoms with Gasteiger partial charge in [0.1, 0.15) is 11.6 Å². The molecule has 4 aromatic rings. The molecular formula is C22H17FN4O2. The van der Waals surface area contributed by atoms with E-state index >= 15 is 0 Å². The molecule has 0 amide bonds. The van der Waals surface area contributed by atoms with Crippen molar-refractivity contribution in [2.24, 2.45) is 0 Å². The van der Waals surface area contributed by atoms with E-state index in [1.165, 1.54) is 12.1 Å². The van der Waals surface area contributed by atoms with Crippen LogP contribution in [0.4, 0.5) is 10.2 Å². The summed E-state index contributed by atoms with van der Waals surface area (Å²) in [5.74, 6) is -0.600. The molecule has 1 aliphatic rings. The summed E-state index contributed by atoms with van der Waals surface area (Å²) in [5.41, 5.74) is 4.01. The Morgan fingerprint density at radius 1 is 1.10 bits per heavy atom. The van der Waals surface area contributed by atoms with E-state index in [0.29, 0.717) is 36.4 Å². The van der Waals surface area contributed by atoms with Gasteiger partial charge in [0.15, 0.2) is 0 Å². The van der Waals surface area contributed by atoms with Crippen LogP contribution < -0.4 is 4.90 Å². The molecule has 0 fully saturated rings. The van der Waals surface area contributed by atoms with E-state index in [9.17, 15) is 14.3 Å². The summed E-state index contributed by atoms with van der Waals surface area (Å²) in [6.07, 6.45) is 1.83. The predicted octanol–water partition coefficient (Wildman–Crippen LogP) is 3.84. The summed E-state index contributed by atoms with van der Waals surface area (Å²) in [5, 5.41) is 14.7. The smallest absolute Gasteiger partial charge is 0.336 e. The van der Waals surface area contributed by atoms with Gasteiger partial charge in [0.2, 0.25) is 0 Å². The molecule has 0 radical (unpaired) electrons. The van der Waals surface area contributed by atoms with Gasteiger partial charge in [-0.1, -0.05) is 30.3 Å². The standard InChI is InChI=1S/C22H17FN4O2/c23-16-7-5-14(6-8-16)11-27-20-13-26(12-15(20)10-24-27)21-9-18(22(28)29)17-3-1-2-4-19(17)25-21/h1-10H,11-13H2,(H,28,29). The summed E-state index contributed by atoms with van der Waals surface area (Å²) in [6, 6.07) is 15.3. The highest BCUT2D eigenvalue weighted by Crippen LogP contribution is 2.30. The predicted molar refractivity (Wildman–Crippen MR) is 106 cm³/mol. The van der Waals surface area contributed by atoms with E-state index in [1.807, 2.05) is 34.0 Å². The Kier molecular flexibility index (Phi) is 4.01.